The van der Waals surface area contributed by atoms with Crippen molar-refractivity contribution < 1.29 is 5.11 Å². The summed E-state index contributed by atoms with van der Waals surface area (Å²) in [7, 11) is 0. The third kappa shape index (κ3) is 5.27. The zero-order valence-electron chi connectivity index (χ0n) is 12.4. The number of hydrogen-bond donors (Lipinski definition) is 1. The molecule has 1 saturated carbocycles. The van der Waals surface area contributed by atoms with Crippen LogP contribution in [0.1, 0.15) is 29.9 Å². The molecule has 1 nitrogen and oxygen atoms in total. The van der Waals surface area contributed by atoms with Gasteiger partial charge in [0.25, 0.3) is 0 Å². The average Bonchev–Trinajstić information content (AvgIpc) is 2.50. The third-order valence-corrected chi connectivity index (χ3v) is 4.58. The summed E-state index contributed by atoms with van der Waals surface area (Å²) < 4.78 is 0. The van der Waals surface area contributed by atoms with Crippen LogP contribution in [-0.4, -0.2) is 16.5 Å². The molecule has 2 aromatic carbocycles. The monoisotopic (exact) mass is 390 g/mol. The van der Waals surface area contributed by atoms with Gasteiger partial charge in [0.15, 0.2) is 0 Å². The van der Waals surface area contributed by atoms with Crippen molar-refractivity contribution in [1.82, 2.24) is 0 Å². The first kappa shape index (κ1) is 18.9. The zero-order chi connectivity index (χ0) is 16.8. The predicted molar refractivity (Wildman–Crippen MR) is 100 cm³/mol. The van der Waals surface area contributed by atoms with Crippen molar-refractivity contribution in [3.8, 4) is 0 Å². The summed E-state index contributed by atoms with van der Waals surface area (Å²) in [5, 5.41) is 11.3. The minimum atomic E-state index is -0.151. The smallest absolute Gasteiger partial charge is 0.0967 e. The number of rotatable bonds is 3. The predicted octanol–water partition coefficient (Wildman–Crippen LogP) is 6.32. The van der Waals surface area contributed by atoms with Crippen molar-refractivity contribution in [3.05, 3.63) is 69.7 Å². The Labute approximate surface area is 157 Å². The van der Waals surface area contributed by atoms with Crippen LogP contribution in [0.3, 0.4) is 0 Å². The number of aliphatic hydroxyl groups is 1. The number of aliphatic hydroxyl groups excluding tert-OH is 1. The van der Waals surface area contributed by atoms with E-state index in [1.165, 1.54) is 11.1 Å². The lowest BCUT2D eigenvalue weighted by Gasteiger charge is -2.38. The molecule has 5 heteroatoms. The molecule has 0 spiro atoms. The van der Waals surface area contributed by atoms with Crippen LogP contribution in [-0.2, 0) is 0 Å². The van der Waals surface area contributed by atoms with Crippen molar-refractivity contribution in [1.29, 1.82) is 0 Å². The highest BCUT2D eigenvalue weighted by molar-refractivity contribution is 6.40. The van der Waals surface area contributed by atoms with Gasteiger partial charge in [-0.3, -0.25) is 0 Å². The van der Waals surface area contributed by atoms with Gasteiger partial charge in [0.1, 0.15) is 0 Å². The number of hydrogen-bond acceptors (Lipinski definition) is 1. The van der Waals surface area contributed by atoms with E-state index in [1.54, 1.807) is 0 Å². The largest absolute Gasteiger partial charge is 0.393 e. The fraction of sp³-hybridized carbons (Fsp3) is 0.333. The zero-order valence-corrected chi connectivity index (χ0v) is 15.5. The maximum absolute atomic E-state index is 9.61. The van der Waals surface area contributed by atoms with Gasteiger partial charge in [-0.1, -0.05) is 47.5 Å². The van der Waals surface area contributed by atoms with Crippen LogP contribution >= 0.6 is 46.4 Å². The summed E-state index contributed by atoms with van der Waals surface area (Å²) in [5.74, 6) is 0.778. The fourth-order valence-corrected chi connectivity index (χ4v) is 3.23. The van der Waals surface area contributed by atoms with Crippen molar-refractivity contribution in [2.75, 3.05) is 5.34 Å². The summed E-state index contributed by atoms with van der Waals surface area (Å²) in [6.45, 7) is 0. The van der Waals surface area contributed by atoms with Crippen molar-refractivity contribution >= 4 is 46.4 Å². The Morgan fingerprint density at radius 3 is 1.48 bits per heavy atom. The van der Waals surface area contributed by atoms with E-state index in [0.29, 0.717) is 11.8 Å². The second kappa shape index (κ2) is 9.15. The van der Waals surface area contributed by atoms with Gasteiger partial charge in [-0.05, 0) is 54.2 Å². The van der Waals surface area contributed by atoms with E-state index in [0.717, 1.165) is 22.9 Å². The normalized spacial score (nSPS) is 19.7. The first-order valence-corrected chi connectivity index (χ1v) is 9.18. The Morgan fingerprint density at radius 2 is 1.17 bits per heavy atom. The van der Waals surface area contributed by atoms with Gasteiger partial charge in [-0.2, -0.15) is 0 Å². The lowest BCUT2D eigenvalue weighted by Crippen LogP contribution is -2.33. The first-order valence-electron chi connectivity index (χ1n) is 7.36. The van der Waals surface area contributed by atoms with E-state index in [4.69, 9.17) is 46.4 Å². The minimum Gasteiger partial charge on any atom is -0.393 e. The Balaban J connectivity index is 0.000000595. The standard InChI is InChI=1S/C17H16Cl2O.CH2Cl2/c18-14-5-1-11(2-6-14)17(13-9-16(20)10-13)12-3-7-15(19)8-4-12;2-1-3/h1-8,13,16-17,20H,9-10H2;1H2. The van der Waals surface area contributed by atoms with Crippen molar-refractivity contribution in [2.45, 2.75) is 24.9 Å². The molecule has 1 N–H and O–H groups in total. The fourth-order valence-electron chi connectivity index (χ4n) is 2.98. The van der Waals surface area contributed by atoms with E-state index in [-0.39, 0.29) is 11.4 Å². The topological polar surface area (TPSA) is 20.2 Å². The highest BCUT2D eigenvalue weighted by atomic mass is 35.5. The molecule has 1 fully saturated rings. The summed E-state index contributed by atoms with van der Waals surface area (Å²) in [6.07, 6.45) is 1.56. The van der Waals surface area contributed by atoms with Gasteiger partial charge in [0.05, 0.1) is 11.4 Å². The van der Waals surface area contributed by atoms with Crippen LogP contribution in [0.25, 0.3) is 0 Å². The van der Waals surface area contributed by atoms with E-state index in [1.807, 2.05) is 24.3 Å². The molecule has 3 rings (SSSR count). The molecule has 2 aromatic rings. The van der Waals surface area contributed by atoms with Crippen LogP contribution in [0.5, 0.6) is 0 Å². The van der Waals surface area contributed by atoms with Gasteiger partial charge in [-0.15, -0.1) is 23.2 Å². The molecule has 0 aromatic heterocycles. The van der Waals surface area contributed by atoms with Crippen LogP contribution in [0, 0.1) is 5.92 Å². The SMILES string of the molecule is ClCCl.OC1CC(C(c2ccc(Cl)cc2)c2ccc(Cl)cc2)C1. The Morgan fingerprint density at radius 1 is 0.826 bits per heavy atom. The van der Waals surface area contributed by atoms with Gasteiger partial charge < -0.3 is 5.11 Å². The lowest BCUT2D eigenvalue weighted by molar-refractivity contribution is 0.0356. The van der Waals surface area contributed by atoms with Crippen molar-refractivity contribution in [2.24, 2.45) is 5.92 Å². The average molecular weight is 392 g/mol. The summed E-state index contributed by atoms with van der Waals surface area (Å²) >= 11 is 21.5. The van der Waals surface area contributed by atoms with Gasteiger partial charge >= 0.3 is 0 Å². The molecule has 0 unspecified atom stereocenters. The maximum atomic E-state index is 9.61. The molecule has 0 saturated heterocycles. The Hall–Kier alpha value is -0.440. The number of halogens is 4. The highest BCUT2D eigenvalue weighted by Gasteiger charge is 2.35. The molecule has 0 amide bonds. The highest BCUT2D eigenvalue weighted by Crippen LogP contribution is 2.43. The van der Waals surface area contributed by atoms with E-state index in [9.17, 15) is 5.11 Å². The second-order valence-corrected chi connectivity index (χ2v) is 7.25. The van der Waals surface area contributed by atoms with Gasteiger partial charge in [0.2, 0.25) is 0 Å². The van der Waals surface area contributed by atoms with E-state index >= 15 is 0 Å². The van der Waals surface area contributed by atoms with Gasteiger partial charge in [-0.25, -0.2) is 0 Å². The molecule has 23 heavy (non-hydrogen) atoms. The van der Waals surface area contributed by atoms with Crippen LogP contribution in [0.2, 0.25) is 10.0 Å². The summed E-state index contributed by atoms with van der Waals surface area (Å²) in [5.41, 5.74) is 2.49. The maximum Gasteiger partial charge on any atom is 0.0967 e. The molecule has 0 atom stereocenters. The molecule has 0 radical (unpaired) electrons. The second-order valence-electron chi connectivity index (χ2n) is 5.57. The molecular weight excluding hydrogens is 374 g/mol. The summed E-state index contributed by atoms with van der Waals surface area (Å²) in [4.78, 5) is 0. The summed E-state index contributed by atoms with van der Waals surface area (Å²) in [6, 6.07) is 16.0. The Kier molecular flexibility index (Phi) is 7.52. The molecule has 1 aliphatic rings. The molecule has 0 aliphatic heterocycles. The quantitative estimate of drug-likeness (QED) is 0.607. The Bertz CT molecular complexity index is 546. The molecule has 124 valence electrons. The van der Waals surface area contributed by atoms with E-state index in [2.05, 4.69) is 24.3 Å². The van der Waals surface area contributed by atoms with Crippen LogP contribution < -0.4 is 0 Å². The van der Waals surface area contributed by atoms with Crippen LogP contribution in [0.15, 0.2) is 48.5 Å². The number of benzene rings is 2. The van der Waals surface area contributed by atoms with Crippen LogP contribution in [0.4, 0.5) is 0 Å². The minimum absolute atomic E-state index is 0.151. The molecule has 1 aliphatic carbocycles. The third-order valence-electron chi connectivity index (χ3n) is 4.08. The number of alkyl halides is 2. The molecular formula is C18H18Cl4O. The first-order chi connectivity index (χ1) is 11.0. The molecule has 0 bridgehead atoms. The van der Waals surface area contributed by atoms with E-state index < -0.39 is 0 Å². The lowest BCUT2D eigenvalue weighted by atomic mass is 9.69. The van der Waals surface area contributed by atoms with Gasteiger partial charge in [0, 0.05) is 16.0 Å². The molecule has 0 heterocycles. The van der Waals surface area contributed by atoms with Crippen molar-refractivity contribution in [3.63, 3.8) is 0 Å².